The number of nitrogens with one attached hydrogen (secondary N) is 2. The lowest BCUT2D eigenvalue weighted by molar-refractivity contribution is -0.140. The third kappa shape index (κ3) is 3.85. The lowest BCUT2D eigenvalue weighted by Crippen LogP contribution is -2.53. The van der Waals surface area contributed by atoms with E-state index in [0.717, 1.165) is 25.7 Å². The minimum Gasteiger partial charge on any atom is -0.298 e. The summed E-state index contributed by atoms with van der Waals surface area (Å²) in [5.41, 5.74) is 0. The lowest BCUT2D eigenvalue weighted by atomic mass is 9.97. The molecule has 0 radical (unpaired) electrons. The summed E-state index contributed by atoms with van der Waals surface area (Å²) in [5.74, 6) is -1.12. The molecule has 3 fully saturated rings. The summed E-state index contributed by atoms with van der Waals surface area (Å²) in [5, 5.41) is 5.21. The summed E-state index contributed by atoms with van der Waals surface area (Å²) in [6.07, 6.45) is 8.71. The van der Waals surface area contributed by atoms with E-state index in [9.17, 15) is 18.6 Å². The van der Waals surface area contributed by atoms with Crippen LogP contribution in [0.2, 0.25) is 0 Å². The molecule has 0 aromatic rings. The first-order chi connectivity index (χ1) is 11.6. The van der Waals surface area contributed by atoms with Gasteiger partial charge in [0.2, 0.25) is 17.7 Å². The number of carbonyl (C=O) groups excluding carboxylic acids is 3. The highest BCUT2D eigenvalue weighted by molar-refractivity contribution is 7.84. The van der Waals surface area contributed by atoms with Crippen LogP contribution in [0, 0.1) is 0 Å². The van der Waals surface area contributed by atoms with Crippen LogP contribution in [0.1, 0.15) is 64.2 Å². The predicted octanol–water partition coefficient (Wildman–Crippen LogP) is 0.716. The van der Waals surface area contributed by atoms with Crippen molar-refractivity contribution in [3.8, 4) is 0 Å². The number of amides is 3. The third-order valence-corrected chi connectivity index (χ3v) is 6.70. The molecule has 2 saturated heterocycles. The van der Waals surface area contributed by atoms with Crippen molar-refractivity contribution in [1.29, 1.82) is 0 Å². The van der Waals surface area contributed by atoms with Crippen LogP contribution < -0.4 is 10.6 Å². The topological polar surface area (TPSA) is 95.6 Å². The molecule has 0 bridgehead atoms. The van der Waals surface area contributed by atoms with Crippen LogP contribution in [0.4, 0.5) is 0 Å². The molecule has 3 amide bonds. The van der Waals surface area contributed by atoms with E-state index in [1.54, 1.807) is 0 Å². The van der Waals surface area contributed by atoms with E-state index in [2.05, 4.69) is 10.6 Å². The number of nitrogens with zero attached hydrogens (tertiary/aromatic N) is 1. The van der Waals surface area contributed by atoms with Crippen molar-refractivity contribution in [3.05, 3.63) is 0 Å². The summed E-state index contributed by atoms with van der Waals surface area (Å²) in [4.78, 5) is 35.6. The van der Waals surface area contributed by atoms with Gasteiger partial charge in [0.25, 0.3) is 0 Å². The van der Waals surface area contributed by atoms with Crippen LogP contribution in [-0.4, -0.2) is 43.7 Å². The maximum Gasteiger partial charge on any atom is 0.250 e. The molecule has 3 atom stereocenters. The quantitative estimate of drug-likeness (QED) is 0.727. The molecule has 24 heavy (non-hydrogen) atoms. The largest absolute Gasteiger partial charge is 0.298 e. The first kappa shape index (κ1) is 17.5. The molecule has 3 aliphatic rings. The summed E-state index contributed by atoms with van der Waals surface area (Å²) in [7, 11) is -1.57. The minimum atomic E-state index is -1.57. The molecule has 3 rings (SSSR count). The maximum atomic E-state index is 12.8. The van der Waals surface area contributed by atoms with Gasteiger partial charge in [0, 0.05) is 12.5 Å². The predicted molar refractivity (Wildman–Crippen MR) is 88.8 cm³/mol. The highest BCUT2D eigenvalue weighted by Gasteiger charge is 2.45. The molecular weight excluding hydrogens is 330 g/mol. The Balaban J connectivity index is 1.63. The number of hydrogen-bond donors (Lipinski definition) is 2. The van der Waals surface area contributed by atoms with E-state index in [-0.39, 0.29) is 37.1 Å². The van der Waals surface area contributed by atoms with Crippen LogP contribution in [0.5, 0.6) is 0 Å². The normalized spacial score (nSPS) is 33.2. The smallest absolute Gasteiger partial charge is 0.250 e. The first-order valence-electron chi connectivity index (χ1n) is 8.89. The van der Waals surface area contributed by atoms with Gasteiger partial charge in [0.1, 0.15) is 22.4 Å². The second kappa shape index (κ2) is 7.74. The number of hydrogen-bond acceptors (Lipinski definition) is 5. The monoisotopic (exact) mass is 355 g/mol. The fourth-order valence-corrected chi connectivity index (χ4v) is 5.36. The van der Waals surface area contributed by atoms with E-state index in [4.69, 9.17) is 0 Å². The molecular formula is C16H25N3O4S. The van der Waals surface area contributed by atoms with Crippen molar-refractivity contribution >= 4 is 28.7 Å². The Morgan fingerprint density at radius 3 is 2.33 bits per heavy atom. The molecule has 8 heteroatoms. The molecule has 0 spiro atoms. The van der Waals surface area contributed by atoms with Crippen molar-refractivity contribution in [2.75, 3.05) is 0 Å². The molecule has 1 aliphatic carbocycles. The van der Waals surface area contributed by atoms with Crippen LogP contribution in [-0.2, 0) is 25.4 Å². The Morgan fingerprint density at radius 2 is 1.67 bits per heavy atom. The summed E-state index contributed by atoms with van der Waals surface area (Å²) >= 11 is 0. The molecule has 2 heterocycles. The fourth-order valence-electron chi connectivity index (χ4n) is 3.77. The van der Waals surface area contributed by atoms with Crippen molar-refractivity contribution in [3.63, 3.8) is 0 Å². The Morgan fingerprint density at radius 1 is 1.00 bits per heavy atom. The van der Waals surface area contributed by atoms with Crippen LogP contribution in [0.3, 0.4) is 0 Å². The standard InChI is InChI=1S/C16H25N3O4S/c20-13-9-8-12(16(22)18-13)19-15(21)10-14(24(19)23)17-11-6-4-2-1-3-5-7-11/h11-12,14,17H,1-10H2,(H,18,20,22). The highest BCUT2D eigenvalue weighted by atomic mass is 32.2. The van der Waals surface area contributed by atoms with Gasteiger partial charge >= 0.3 is 0 Å². The van der Waals surface area contributed by atoms with Gasteiger partial charge in [-0.1, -0.05) is 32.1 Å². The highest BCUT2D eigenvalue weighted by Crippen LogP contribution is 2.26. The van der Waals surface area contributed by atoms with Gasteiger partial charge in [0.05, 0.1) is 6.42 Å². The zero-order chi connectivity index (χ0) is 17.1. The maximum absolute atomic E-state index is 12.8. The number of carbonyl (C=O) groups is 3. The number of rotatable bonds is 3. The Kier molecular flexibility index (Phi) is 5.65. The van der Waals surface area contributed by atoms with E-state index in [1.807, 2.05) is 0 Å². The van der Waals surface area contributed by atoms with Gasteiger partial charge in [-0.25, -0.2) is 8.51 Å². The van der Waals surface area contributed by atoms with Gasteiger partial charge in [-0.05, 0) is 19.3 Å². The summed E-state index contributed by atoms with van der Waals surface area (Å²) in [6, 6.07) is -0.506. The Hall–Kier alpha value is -1.28. The van der Waals surface area contributed by atoms with E-state index >= 15 is 0 Å². The van der Waals surface area contributed by atoms with Crippen molar-refractivity contribution in [1.82, 2.24) is 14.9 Å². The van der Waals surface area contributed by atoms with Crippen molar-refractivity contribution < 1.29 is 18.6 Å². The van der Waals surface area contributed by atoms with Gasteiger partial charge in [-0.2, -0.15) is 0 Å². The molecule has 0 aromatic carbocycles. The van der Waals surface area contributed by atoms with Crippen molar-refractivity contribution in [2.45, 2.75) is 81.7 Å². The molecule has 0 aromatic heterocycles. The first-order valence-corrected chi connectivity index (χ1v) is 10.1. The van der Waals surface area contributed by atoms with Crippen LogP contribution >= 0.6 is 0 Å². The third-order valence-electron chi connectivity index (χ3n) is 5.06. The van der Waals surface area contributed by atoms with E-state index in [0.29, 0.717) is 0 Å². The zero-order valence-electron chi connectivity index (χ0n) is 13.8. The second-order valence-electron chi connectivity index (χ2n) is 6.86. The van der Waals surface area contributed by atoms with Crippen molar-refractivity contribution in [2.24, 2.45) is 0 Å². The lowest BCUT2D eigenvalue weighted by Gasteiger charge is -2.29. The van der Waals surface area contributed by atoms with Crippen LogP contribution in [0.25, 0.3) is 0 Å². The van der Waals surface area contributed by atoms with E-state index in [1.165, 1.54) is 23.6 Å². The minimum absolute atomic E-state index is 0.154. The Bertz CT molecular complexity index is 545. The summed E-state index contributed by atoms with van der Waals surface area (Å²) in [6.45, 7) is 0. The fraction of sp³-hybridized carbons (Fsp3) is 0.812. The molecule has 2 N–H and O–H groups in total. The van der Waals surface area contributed by atoms with Gasteiger partial charge in [0.15, 0.2) is 0 Å². The molecule has 134 valence electrons. The summed E-state index contributed by atoms with van der Waals surface area (Å²) < 4.78 is 13.9. The van der Waals surface area contributed by atoms with Crippen LogP contribution in [0.15, 0.2) is 0 Å². The van der Waals surface area contributed by atoms with E-state index < -0.39 is 28.3 Å². The zero-order valence-corrected chi connectivity index (χ0v) is 14.6. The number of piperidine rings is 1. The molecule has 2 aliphatic heterocycles. The number of imide groups is 1. The average Bonchev–Trinajstić information content (AvgIpc) is 2.77. The Labute approximate surface area is 144 Å². The second-order valence-corrected chi connectivity index (χ2v) is 8.38. The van der Waals surface area contributed by atoms with Gasteiger partial charge < -0.3 is 0 Å². The molecule has 7 nitrogen and oxygen atoms in total. The SMILES string of the molecule is O=C1CCC(N2C(=O)CC(NC3CCCCCCC3)S2=O)C(=O)N1. The molecule has 3 unspecified atom stereocenters. The molecule has 1 saturated carbocycles. The van der Waals surface area contributed by atoms with Gasteiger partial charge in [-0.15, -0.1) is 0 Å². The average molecular weight is 355 g/mol. The van der Waals surface area contributed by atoms with Gasteiger partial charge in [-0.3, -0.25) is 25.0 Å².